The maximum absolute atomic E-state index is 10.4. The molecule has 0 amide bonds. The summed E-state index contributed by atoms with van der Waals surface area (Å²) in [5.41, 5.74) is 10.7. The second-order valence-electron chi connectivity index (χ2n) is 12.0. The first-order chi connectivity index (χ1) is 23.7. The van der Waals surface area contributed by atoms with Crippen LogP contribution in [0.25, 0.3) is 77.2 Å². The number of rotatable bonds is 4. The first-order valence-electron chi connectivity index (χ1n) is 15.9. The predicted molar refractivity (Wildman–Crippen MR) is 195 cm³/mol. The topological polar surface area (TPSA) is 57.4 Å². The molecule has 0 aliphatic rings. The molecule has 0 spiro atoms. The molecule has 0 radical (unpaired) electrons. The van der Waals surface area contributed by atoms with Gasteiger partial charge in [-0.25, -0.2) is 0 Å². The first-order valence-corrected chi connectivity index (χ1v) is 15.9. The van der Waals surface area contributed by atoms with Crippen LogP contribution in [0.5, 0.6) is 0 Å². The SMILES string of the molecule is N#Cc1cc(-c2ccc(-n3c4ccccc4c4ccccc43)cc2)cc(-c2ccccc2-n2c3ccccc3c3ccccc32)c1C#N. The molecule has 7 aromatic carbocycles. The molecule has 222 valence electrons. The highest BCUT2D eigenvalue weighted by molar-refractivity contribution is 6.10. The van der Waals surface area contributed by atoms with Crippen molar-refractivity contribution in [3.8, 4) is 45.8 Å². The zero-order chi connectivity index (χ0) is 32.2. The summed E-state index contributed by atoms with van der Waals surface area (Å²) in [6.07, 6.45) is 0. The van der Waals surface area contributed by atoms with E-state index in [1.807, 2.05) is 24.3 Å². The van der Waals surface area contributed by atoms with Crippen LogP contribution in [0.3, 0.4) is 0 Å². The maximum Gasteiger partial charge on any atom is 0.101 e. The third kappa shape index (κ3) is 4.07. The van der Waals surface area contributed by atoms with Crippen molar-refractivity contribution in [2.75, 3.05) is 0 Å². The molecule has 0 N–H and O–H groups in total. The summed E-state index contributed by atoms with van der Waals surface area (Å²) in [7, 11) is 0. The highest BCUT2D eigenvalue weighted by atomic mass is 15.0. The minimum atomic E-state index is 0.355. The van der Waals surface area contributed by atoms with Gasteiger partial charge in [-0.05, 0) is 65.7 Å². The number of hydrogen-bond donors (Lipinski definition) is 0. The average Bonchev–Trinajstić information content (AvgIpc) is 3.67. The molecule has 4 heteroatoms. The lowest BCUT2D eigenvalue weighted by Crippen LogP contribution is -2.00. The van der Waals surface area contributed by atoms with Crippen molar-refractivity contribution in [3.05, 3.63) is 169 Å². The quantitative estimate of drug-likeness (QED) is 0.199. The molecule has 48 heavy (non-hydrogen) atoms. The largest absolute Gasteiger partial charge is 0.309 e. The Labute approximate surface area is 277 Å². The van der Waals surface area contributed by atoms with Crippen LogP contribution in [0.1, 0.15) is 11.1 Å². The Kier molecular flexibility index (Phi) is 6.22. The van der Waals surface area contributed by atoms with E-state index >= 15 is 0 Å². The number of para-hydroxylation sites is 5. The molecule has 0 aliphatic heterocycles. The number of nitriles is 2. The molecule has 0 unspecified atom stereocenters. The molecule has 2 heterocycles. The van der Waals surface area contributed by atoms with Gasteiger partial charge in [0.05, 0.1) is 38.9 Å². The van der Waals surface area contributed by atoms with Gasteiger partial charge in [-0.2, -0.15) is 10.5 Å². The Hall–Kier alpha value is -6.88. The van der Waals surface area contributed by atoms with E-state index in [9.17, 15) is 10.5 Å². The highest BCUT2D eigenvalue weighted by Gasteiger charge is 2.20. The molecule has 2 aromatic heterocycles. The molecule has 0 atom stereocenters. The minimum Gasteiger partial charge on any atom is -0.309 e. The Balaban J connectivity index is 1.23. The molecule has 4 nitrogen and oxygen atoms in total. The summed E-state index contributed by atoms with van der Waals surface area (Å²) < 4.78 is 4.56. The van der Waals surface area contributed by atoms with Crippen LogP contribution in [0.4, 0.5) is 0 Å². The van der Waals surface area contributed by atoms with Crippen LogP contribution in [0.2, 0.25) is 0 Å². The fourth-order valence-corrected chi connectivity index (χ4v) is 7.31. The van der Waals surface area contributed by atoms with Gasteiger partial charge in [0.25, 0.3) is 0 Å². The molecule has 0 saturated heterocycles. The van der Waals surface area contributed by atoms with E-state index in [-0.39, 0.29) is 0 Å². The van der Waals surface area contributed by atoms with E-state index in [1.54, 1.807) is 0 Å². The molecule has 0 fully saturated rings. The molecule has 0 saturated carbocycles. The van der Waals surface area contributed by atoms with Gasteiger partial charge in [0.15, 0.2) is 0 Å². The standard InChI is InChI=1S/C44H26N4/c45-27-31-25-30(29-21-23-32(24-22-29)47-40-16-6-1-11-33(40)34-12-2-7-17-41(34)47)26-38(39(31)28-46)37-15-5-10-20-44(37)48-42-18-8-3-13-35(42)36-14-4-9-19-43(36)48/h1-26H. The van der Waals surface area contributed by atoms with E-state index in [0.717, 1.165) is 55.7 Å². The number of benzene rings is 7. The number of fused-ring (bicyclic) bond motifs is 6. The van der Waals surface area contributed by atoms with Crippen molar-refractivity contribution >= 4 is 43.6 Å². The van der Waals surface area contributed by atoms with Gasteiger partial charge in [-0.15, -0.1) is 0 Å². The fourth-order valence-electron chi connectivity index (χ4n) is 7.31. The van der Waals surface area contributed by atoms with Crippen molar-refractivity contribution in [3.63, 3.8) is 0 Å². The fraction of sp³-hybridized carbons (Fsp3) is 0. The third-order valence-electron chi connectivity index (χ3n) is 9.42. The molecule has 9 rings (SSSR count). The normalized spacial score (nSPS) is 11.3. The zero-order valence-corrected chi connectivity index (χ0v) is 25.8. The average molecular weight is 611 g/mol. The van der Waals surface area contributed by atoms with Gasteiger partial charge in [0, 0.05) is 38.4 Å². The van der Waals surface area contributed by atoms with Crippen LogP contribution in [-0.2, 0) is 0 Å². The van der Waals surface area contributed by atoms with Crippen LogP contribution >= 0.6 is 0 Å². The summed E-state index contributed by atoms with van der Waals surface area (Å²) in [5.74, 6) is 0. The lowest BCUT2D eigenvalue weighted by Gasteiger charge is -2.17. The maximum atomic E-state index is 10.4. The smallest absolute Gasteiger partial charge is 0.101 e. The number of aromatic nitrogens is 2. The van der Waals surface area contributed by atoms with Gasteiger partial charge in [0.2, 0.25) is 0 Å². The van der Waals surface area contributed by atoms with E-state index in [2.05, 4.69) is 155 Å². The van der Waals surface area contributed by atoms with Gasteiger partial charge in [0.1, 0.15) is 12.1 Å². The van der Waals surface area contributed by atoms with Crippen LogP contribution < -0.4 is 0 Å². The van der Waals surface area contributed by atoms with E-state index in [1.165, 1.54) is 21.5 Å². The van der Waals surface area contributed by atoms with E-state index < -0.39 is 0 Å². The first kappa shape index (κ1) is 27.4. The predicted octanol–water partition coefficient (Wildman–Crippen LogP) is 11.0. The van der Waals surface area contributed by atoms with Crippen molar-refractivity contribution in [1.82, 2.24) is 9.13 Å². The van der Waals surface area contributed by atoms with Crippen molar-refractivity contribution in [1.29, 1.82) is 10.5 Å². The van der Waals surface area contributed by atoms with Crippen LogP contribution in [0, 0.1) is 22.7 Å². The van der Waals surface area contributed by atoms with Crippen molar-refractivity contribution in [2.45, 2.75) is 0 Å². The zero-order valence-electron chi connectivity index (χ0n) is 25.8. The molecule has 0 aliphatic carbocycles. The second kappa shape index (κ2) is 10.9. The van der Waals surface area contributed by atoms with Crippen LogP contribution in [0.15, 0.2) is 158 Å². The van der Waals surface area contributed by atoms with Gasteiger partial charge in [-0.1, -0.05) is 103 Å². The van der Waals surface area contributed by atoms with Gasteiger partial charge in [-0.3, -0.25) is 0 Å². The summed E-state index contributed by atoms with van der Waals surface area (Å²) in [4.78, 5) is 0. The Morgan fingerprint density at radius 1 is 0.396 bits per heavy atom. The summed E-state index contributed by atoms with van der Waals surface area (Å²) in [6, 6.07) is 58.9. The van der Waals surface area contributed by atoms with Crippen molar-refractivity contribution in [2.24, 2.45) is 0 Å². The minimum absolute atomic E-state index is 0.355. The van der Waals surface area contributed by atoms with Crippen molar-refractivity contribution < 1.29 is 0 Å². The third-order valence-corrected chi connectivity index (χ3v) is 9.42. The molecular formula is C44H26N4. The number of hydrogen-bond acceptors (Lipinski definition) is 2. The second-order valence-corrected chi connectivity index (χ2v) is 12.0. The molecule has 9 aromatic rings. The Morgan fingerprint density at radius 3 is 1.40 bits per heavy atom. The summed E-state index contributed by atoms with van der Waals surface area (Å²) >= 11 is 0. The number of nitrogens with zero attached hydrogens (tertiary/aromatic N) is 4. The summed E-state index contributed by atoms with van der Waals surface area (Å²) in [6.45, 7) is 0. The van der Waals surface area contributed by atoms with Gasteiger partial charge >= 0.3 is 0 Å². The Morgan fingerprint density at radius 2 is 0.875 bits per heavy atom. The van der Waals surface area contributed by atoms with E-state index in [4.69, 9.17) is 0 Å². The monoisotopic (exact) mass is 610 g/mol. The lowest BCUT2D eigenvalue weighted by atomic mass is 9.90. The molecule has 0 bridgehead atoms. The lowest BCUT2D eigenvalue weighted by molar-refractivity contribution is 1.18. The highest BCUT2D eigenvalue weighted by Crippen LogP contribution is 2.40. The Bertz CT molecular complexity index is 2690. The van der Waals surface area contributed by atoms with E-state index in [0.29, 0.717) is 11.1 Å². The van der Waals surface area contributed by atoms with Gasteiger partial charge < -0.3 is 9.13 Å². The summed E-state index contributed by atoms with van der Waals surface area (Å²) in [5, 5.41) is 25.5. The molecular weight excluding hydrogens is 585 g/mol. The van der Waals surface area contributed by atoms with Crippen LogP contribution in [-0.4, -0.2) is 9.13 Å².